The predicted octanol–water partition coefficient (Wildman–Crippen LogP) is 2.47. The van der Waals surface area contributed by atoms with Crippen LogP contribution in [0, 0.1) is 0 Å². The summed E-state index contributed by atoms with van der Waals surface area (Å²) in [4.78, 5) is 15.8. The summed E-state index contributed by atoms with van der Waals surface area (Å²) in [7, 11) is 0. The lowest BCUT2D eigenvalue weighted by Gasteiger charge is -2.26. The third-order valence-electron chi connectivity index (χ3n) is 3.61. The molecule has 2 N–H and O–H groups in total. The summed E-state index contributed by atoms with van der Waals surface area (Å²) in [6.45, 7) is 0.393. The van der Waals surface area contributed by atoms with Gasteiger partial charge in [0, 0.05) is 6.61 Å². The van der Waals surface area contributed by atoms with Gasteiger partial charge >= 0.3 is 6.18 Å². The summed E-state index contributed by atoms with van der Waals surface area (Å²) < 4.78 is 43.2. The zero-order chi connectivity index (χ0) is 16.5. The molecule has 122 valence electrons. The Morgan fingerprint density at radius 1 is 1.30 bits per heavy atom. The number of aromatic nitrogens is 3. The first-order valence-corrected chi connectivity index (χ1v) is 6.92. The van der Waals surface area contributed by atoms with E-state index in [0.29, 0.717) is 25.0 Å². The zero-order valence-corrected chi connectivity index (χ0v) is 11.9. The van der Waals surface area contributed by atoms with Gasteiger partial charge in [-0.05, 0) is 18.4 Å². The number of alkyl halides is 3. The van der Waals surface area contributed by atoms with E-state index in [1.165, 1.54) is 0 Å². The molecule has 0 bridgehead atoms. The number of aromatic amines is 1. The number of nitrogens with one attached hydrogen (secondary N) is 2. The number of nitrogens with zero attached hydrogens (tertiary/aromatic N) is 2. The Kier molecular flexibility index (Phi) is 3.80. The van der Waals surface area contributed by atoms with E-state index in [1.54, 1.807) is 35.4 Å². The zero-order valence-electron chi connectivity index (χ0n) is 11.9. The normalized spacial score (nSPS) is 21.3. The first-order chi connectivity index (χ1) is 10.9. The molecular formula is C14H13F3N4O2. The molecule has 2 heterocycles. The highest BCUT2D eigenvalue weighted by Gasteiger charge is 2.45. The second-order valence-corrected chi connectivity index (χ2v) is 5.10. The summed E-state index contributed by atoms with van der Waals surface area (Å²) >= 11 is 0. The first-order valence-electron chi connectivity index (χ1n) is 6.92. The average molecular weight is 326 g/mol. The van der Waals surface area contributed by atoms with E-state index >= 15 is 0 Å². The first kappa shape index (κ1) is 15.5. The van der Waals surface area contributed by atoms with Crippen LogP contribution >= 0.6 is 0 Å². The van der Waals surface area contributed by atoms with E-state index < -0.39 is 29.5 Å². The quantitative estimate of drug-likeness (QED) is 0.908. The number of hydrogen-bond acceptors (Lipinski definition) is 4. The molecular weight excluding hydrogens is 313 g/mol. The van der Waals surface area contributed by atoms with Crippen LogP contribution in [0.25, 0.3) is 0 Å². The number of hydrogen-bond donors (Lipinski definition) is 2. The van der Waals surface area contributed by atoms with E-state index in [4.69, 9.17) is 4.74 Å². The molecule has 1 aromatic heterocycles. The number of rotatable bonds is 3. The van der Waals surface area contributed by atoms with Crippen molar-refractivity contribution in [1.29, 1.82) is 0 Å². The van der Waals surface area contributed by atoms with E-state index in [9.17, 15) is 18.0 Å². The number of H-pyrrole nitrogens is 1. The van der Waals surface area contributed by atoms with Crippen LogP contribution < -0.4 is 5.32 Å². The Hall–Kier alpha value is -2.42. The summed E-state index contributed by atoms with van der Waals surface area (Å²) in [5, 5.41) is 7.43. The van der Waals surface area contributed by atoms with Gasteiger partial charge < -0.3 is 4.74 Å². The maximum atomic E-state index is 12.6. The van der Waals surface area contributed by atoms with E-state index in [0.717, 1.165) is 0 Å². The number of benzene rings is 1. The largest absolute Gasteiger partial charge is 0.451 e. The molecule has 9 heteroatoms. The fraction of sp³-hybridized carbons (Fsp3) is 0.357. The van der Waals surface area contributed by atoms with Gasteiger partial charge in [0.15, 0.2) is 5.60 Å². The molecule has 0 spiro atoms. The topological polar surface area (TPSA) is 79.9 Å². The van der Waals surface area contributed by atoms with Crippen LogP contribution in [0.2, 0.25) is 0 Å². The molecule has 3 rings (SSSR count). The van der Waals surface area contributed by atoms with Gasteiger partial charge in [-0.15, -0.1) is 5.10 Å². The van der Waals surface area contributed by atoms with Gasteiger partial charge in [0.05, 0.1) is 0 Å². The van der Waals surface area contributed by atoms with Crippen molar-refractivity contribution >= 4 is 11.9 Å². The van der Waals surface area contributed by atoms with E-state index in [2.05, 4.69) is 15.4 Å². The molecule has 1 atom stereocenters. The second-order valence-electron chi connectivity index (χ2n) is 5.10. The number of amides is 1. The van der Waals surface area contributed by atoms with Crippen molar-refractivity contribution < 1.29 is 22.7 Å². The number of halogens is 3. The van der Waals surface area contributed by atoms with Crippen molar-refractivity contribution in [1.82, 2.24) is 15.2 Å². The van der Waals surface area contributed by atoms with E-state index in [1.807, 2.05) is 0 Å². The van der Waals surface area contributed by atoms with Crippen molar-refractivity contribution in [3.05, 3.63) is 41.7 Å². The van der Waals surface area contributed by atoms with Crippen LogP contribution in [0.4, 0.5) is 19.1 Å². The fourth-order valence-electron chi connectivity index (χ4n) is 2.53. The number of carbonyl (C=O) groups is 1. The minimum absolute atomic E-state index is 0.393. The minimum Gasteiger partial charge on any atom is -0.360 e. The molecule has 0 aliphatic carbocycles. The summed E-state index contributed by atoms with van der Waals surface area (Å²) in [5.74, 6) is -2.30. The predicted molar refractivity (Wildman–Crippen MR) is 73.3 cm³/mol. The van der Waals surface area contributed by atoms with Crippen molar-refractivity contribution in [2.45, 2.75) is 24.6 Å². The third-order valence-corrected chi connectivity index (χ3v) is 3.61. The highest BCUT2D eigenvalue weighted by Crippen LogP contribution is 2.37. The highest BCUT2D eigenvalue weighted by molar-refractivity contribution is 5.97. The molecule has 1 unspecified atom stereocenters. The number of anilines is 1. The van der Waals surface area contributed by atoms with Crippen molar-refractivity contribution in [3.63, 3.8) is 0 Å². The molecule has 1 aliphatic rings. The average Bonchev–Trinajstić information content (AvgIpc) is 3.17. The Morgan fingerprint density at radius 2 is 2.04 bits per heavy atom. The SMILES string of the molecule is O=C(Nc1n[nH]c(C(F)(F)F)n1)C1(c2ccccc2)CCCO1. The van der Waals surface area contributed by atoms with Crippen LogP contribution in [0.15, 0.2) is 30.3 Å². The van der Waals surface area contributed by atoms with Gasteiger partial charge in [0.2, 0.25) is 11.8 Å². The summed E-state index contributed by atoms with van der Waals surface area (Å²) in [6.07, 6.45) is -3.56. The molecule has 6 nitrogen and oxygen atoms in total. The second kappa shape index (κ2) is 5.65. The van der Waals surface area contributed by atoms with Crippen molar-refractivity contribution in [2.75, 3.05) is 11.9 Å². The molecule has 1 amide bonds. The maximum absolute atomic E-state index is 12.6. The summed E-state index contributed by atoms with van der Waals surface area (Å²) in [5.41, 5.74) is -0.595. The van der Waals surface area contributed by atoms with Gasteiger partial charge in [0.25, 0.3) is 5.91 Å². The van der Waals surface area contributed by atoms with Gasteiger partial charge in [-0.3, -0.25) is 15.2 Å². The Balaban J connectivity index is 1.84. The minimum atomic E-state index is -4.66. The van der Waals surface area contributed by atoms with Crippen LogP contribution in [-0.2, 0) is 21.3 Å². The Labute approximate surface area is 129 Å². The standard InChI is InChI=1S/C14H13F3N4O2/c15-14(16,17)10-18-12(21-20-10)19-11(22)13(7-4-8-23-13)9-5-2-1-3-6-9/h1-3,5-6H,4,7-8H2,(H2,18,19,20,21,22). The Bertz CT molecular complexity index is 694. The van der Waals surface area contributed by atoms with Crippen LogP contribution in [-0.4, -0.2) is 27.7 Å². The molecule has 2 aromatic rings. The van der Waals surface area contributed by atoms with Gasteiger partial charge in [0.1, 0.15) is 0 Å². The van der Waals surface area contributed by atoms with E-state index in [-0.39, 0.29) is 0 Å². The monoisotopic (exact) mass is 326 g/mol. The van der Waals surface area contributed by atoms with Crippen LogP contribution in [0.3, 0.4) is 0 Å². The molecule has 0 radical (unpaired) electrons. The van der Waals surface area contributed by atoms with Crippen molar-refractivity contribution in [3.8, 4) is 0 Å². The molecule has 23 heavy (non-hydrogen) atoms. The van der Waals surface area contributed by atoms with Crippen LogP contribution in [0.1, 0.15) is 24.2 Å². The molecule has 1 aromatic carbocycles. The van der Waals surface area contributed by atoms with Crippen molar-refractivity contribution in [2.24, 2.45) is 0 Å². The van der Waals surface area contributed by atoms with Crippen LogP contribution in [0.5, 0.6) is 0 Å². The number of carbonyl (C=O) groups excluding carboxylic acids is 1. The lowest BCUT2D eigenvalue weighted by molar-refractivity contribution is -0.144. The lowest BCUT2D eigenvalue weighted by atomic mass is 9.90. The molecule has 0 saturated carbocycles. The maximum Gasteiger partial charge on any atom is 0.451 e. The summed E-state index contributed by atoms with van der Waals surface area (Å²) in [6, 6.07) is 8.81. The number of ether oxygens (including phenoxy) is 1. The molecule has 1 fully saturated rings. The van der Waals surface area contributed by atoms with Gasteiger partial charge in [-0.25, -0.2) is 0 Å². The smallest absolute Gasteiger partial charge is 0.360 e. The molecule has 1 saturated heterocycles. The lowest BCUT2D eigenvalue weighted by Crippen LogP contribution is -2.40. The third kappa shape index (κ3) is 2.91. The van der Waals surface area contributed by atoms with Gasteiger partial charge in [-0.1, -0.05) is 30.3 Å². The fourth-order valence-corrected chi connectivity index (χ4v) is 2.53. The molecule has 1 aliphatic heterocycles. The highest BCUT2D eigenvalue weighted by atomic mass is 19.4. The Morgan fingerprint density at radius 3 is 2.61 bits per heavy atom. The van der Waals surface area contributed by atoms with Gasteiger partial charge in [-0.2, -0.15) is 18.2 Å².